The van der Waals surface area contributed by atoms with Crippen LogP contribution in [0.15, 0.2) is 72.8 Å². The Morgan fingerprint density at radius 2 is 1.61 bits per heavy atom. The van der Waals surface area contributed by atoms with Gasteiger partial charge in [-0.2, -0.15) is 0 Å². The third kappa shape index (κ3) is 5.76. The van der Waals surface area contributed by atoms with Crippen molar-refractivity contribution in [3.63, 3.8) is 0 Å². The van der Waals surface area contributed by atoms with Gasteiger partial charge in [0.05, 0.1) is 12.6 Å². The molecule has 1 amide bonds. The number of ether oxygens (including phenoxy) is 2. The molecular formula is C27H27F2NO3. The highest BCUT2D eigenvalue weighted by molar-refractivity contribution is 5.79. The third-order valence-corrected chi connectivity index (χ3v) is 5.83. The molecule has 6 heteroatoms. The lowest BCUT2D eigenvalue weighted by Crippen LogP contribution is -2.41. The Balaban J connectivity index is 1.39. The van der Waals surface area contributed by atoms with Gasteiger partial charge in [-0.15, -0.1) is 0 Å². The zero-order chi connectivity index (χ0) is 23.2. The molecule has 1 aliphatic rings. The largest absolute Gasteiger partial charge is 0.483 e. The van der Waals surface area contributed by atoms with Crippen LogP contribution in [0.2, 0.25) is 0 Å². The summed E-state index contributed by atoms with van der Waals surface area (Å²) >= 11 is 0. The zero-order valence-corrected chi connectivity index (χ0v) is 18.5. The van der Waals surface area contributed by atoms with Crippen molar-refractivity contribution < 1.29 is 23.0 Å². The molecule has 0 N–H and O–H groups in total. The molecule has 3 aromatic carbocycles. The van der Waals surface area contributed by atoms with Crippen LogP contribution in [0, 0.1) is 17.6 Å². The summed E-state index contributed by atoms with van der Waals surface area (Å²) in [6.45, 7) is 2.55. The molecule has 4 rings (SSSR count). The van der Waals surface area contributed by atoms with Gasteiger partial charge in [0.25, 0.3) is 0 Å². The lowest BCUT2D eigenvalue weighted by molar-refractivity contribution is -0.137. The quantitative estimate of drug-likeness (QED) is 0.476. The summed E-state index contributed by atoms with van der Waals surface area (Å²) in [6, 6.07) is 21.6. The van der Waals surface area contributed by atoms with Crippen molar-refractivity contribution in [2.75, 3.05) is 13.3 Å². The van der Waals surface area contributed by atoms with Gasteiger partial charge in [0.2, 0.25) is 5.91 Å². The summed E-state index contributed by atoms with van der Waals surface area (Å²) in [4.78, 5) is 14.8. The molecule has 172 valence electrons. The molecule has 2 atom stereocenters. The van der Waals surface area contributed by atoms with Crippen molar-refractivity contribution in [2.45, 2.75) is 32.4 Å². The van der Waals surface area contributed by atoms with Crippen molar-refractivity contribution in [3.05, 3.63) is 101 Å². The molecule has 0 spiro atoms. The summed E-state index contributed by atoms with van der Waals surface area (Å²) < 4.78 is 40.1. The minimum Gasteiger partial charge on any atom is -0.483 e. The van der Waals surface area contributed by atoms with Crippen LogP contribution in [0.3, 0.4) is 0 Å². The molecular weight excluding hydrogens is 424 g/mol. The van der Waals surface area contributed by atoms with Crippen LogP contribution >= 0.6 is 0 Å². The molecule has 1 fully saturated rings. The van der Waals surface area contributed by atoms with E-state index in [9.17, 15) is 13.6 Å². The maximum Gasteiger partial charge on any atom is 0.227 e. The van der Waals surface area contributed by atoms with E-state index in [-0.39, 0.29) is 31.7 Å². The smallest absolute Gasteiger partial charge is 0.227 e. The molecule has 1 heterocycles. The molecule has 3 aromatic rings. The van der Waals surface area contributed by atoms with E-state index in [1.165, 1.54) is 12.1 Å². The van der Waals surface area contributed by atoms with Crippen LogP contribution in [0.1, 0.15) is 23.6 Å². The number of carbonyl (C=O) groups excluding carboxylic acids is 1. The van der Waals surface area contributed by atoms with Crippen molar-refractivity contribution in [1.82, 2.24) is 4.90 Å². The molecule has 1 aliphatic heterocycles. The minimum absolute atomic E-state index is 0.0513. The van der Waals surface area contributed by atoms with Crippen LogP contribution in [-0.2, 0) is 29.0 Å². The second-order valence-electron chi connectivity index (χ2n) is 8.42. The summed E-state index contributed by atoms with van der Waals surface area (Å²) in [7, 11) is 0. The highest BCUT2D eigenvalue weighted by atomic mass is 19.1. The first-order chi connectivity index (χ1) is 16.0. The maximum atomic E-state index is 14.6. The van der Waals surface area contributed by atoms with Crippen molar-refractivity contribution in [3.8, 4) is 5.75 Å². The van der Waals surface area contributed by atoms with Gasteiger partial charge in [-0.05, 0) is 41.7 Å². The van der Waals surface area contributed by atoms with E-state index < -0.39 is 23.3 Å². The lowest BCUT2D eigenvalue weighted by atomic mass is 9.98. The van der Waals surface area contributed by atoms with Gasteiger partial charge in [-0.1, -0.05) is 67.6 Å². The Morgan fingerprint density at radius 3 is 2.24 bits per heavy atom. The molecule has 0 bridgehead atoms. The van der Waals surface area contributed by atoms with Gasteiger partial charge in [-0.25, -0.2) is 8.78 Å². The average Bonchev–Trinajstić information content (AvgIpc) is 3.27. The summed E-state index contributed by atoms with van der Waals surface area (Å²) in [5.74, 6) is -2.48. The van der Waals surface area contributed by atoms with E-state index in [0.717, 1.165) is 11.1 Å². The van der Waals surface area contributed by atoms with E-state index in [4.69, 9.17) is 9.47 Å². The van der Waals surface area contributed by atoms with Crippen LogP contribution in [0.5, 0.6) is 5.75 Å². The van der Waals surface area contributed by atoms with Gasteiger partial charge in [0.1, 0.15) is 13.3 Å². The SMILES string of the molecule is C[C@H](Cc1cc(F)c(OCc2ccccc2)c(F)c1)C(=O)N1COC[C@H]1Cc1ccccc1. The predicted molar refractivity (Wildman–Crippen MR) is 122 cm³/mol. The molecule has 0 unspecified atom stereocenters. The number of amides is 1. The summed E-state index contributed by atoms with van der Waals surface area (Å²) in [5, 5.41) is 0. The Hall–Kier alpha value is -3.25. The fourth-order valence-corrected chi connectivity index (χ4v) is 4.10. The van der Waals surface area contributed by atoms with Crippen molar-refractivity contribution in [2.24, 2.45) is 5.92 Å². The van der Waals surface area contributed by atoms with Crippen molar-refractivity contribution >= 4 is 5.91 Å². The highest BCUT2D eigenvalue weighted by Crippen LogP contribution is 2.27. The number of halogens is 2. The monoisotopic (exact) mass is 451 g/mol. The second-order valence-corrected chi connectivity index (χ2v) is 8.42. The first-order valence-electron chi connectivity index (χ1n) is 11.1. The van der Waals surface area contributed by atoms with Gasteiger partial charge in [0.15, 0.2) is 17.4 Å². The van der Waals surface area contributed by atoms with Crippen LogP contribution in [0.25, 0.3) is 0 Å². The number of carbonyl (C=O) groups is 1. The molecule has 4 nitrogen and oxygen atoms in total. The van der Waals surface area contributed by atoms with Gasteiger partial charge in [0, 0.05) is 5.92 Å². The fraction of sp³-hybridized carbons (Fsp3) is 0.296. The molecule has 0 aromatic heterocycles. The van der Waals surface area contributed by atoms with Crippen molar-refractivity contribution in [1.29, 1.82) is 0 Å². The molecule has 0 aliphatic carbocycles. The van der Waals surface area contributed by atoms with Gasteiger partial charge in [-0.3, -0.25) is 4.79 Å². The standard InChI is InChI=1S/C27H27F2NO3/c1-19(27(31)30-18-32-17-23(30)13-20-8-4-2-5-9-20)12-22-14-24(28)26(25(29)15-22)33-16-21-10-6-3-7-11-21/h2-11,14-15,19,23H,12-13,16-18H2,1H3/t19-,23-/m1/s1. The number of rotatable bonds is 8. The van der Waals surface area contributed by atoms with E-state index >= 15 is 0 Å². The first kappa shape index (κ1) is 22.9. The first-order valence-corrected chi connectivity index (χ1v) is 11.1. The number of nitrogens with zero attached hydrogens (tertiary/aromatic N) is 1. The van der Waals surface area contributed by atoms with E-state index in [2.05, 4.69) is 0 Å². The Kier molecular flexibility index (Phi) is 7.35. The van der Waals surface area contributed by atoms with E-state index in [1.54, 1.807) is 11.8 Å². The topological polar surface area (TPSA) is 38.8 Å². The minimum atomic E-state index is -0.771. The summed E-state index contributed by atoms with van der Waals surface area (Å²) in [6.07, 6.45) is 0.927. The average molecular weight is 452 g/mol. The van der Waals surface area contributed by atoms with Crippen LogP contribution < -0.4 is 4.74 Å². The Bertz CT molecular complexity index is 1050. The summed E-state index contributed by atoms with van der Waals surface area (Å²) in [5.41, 5.74) is 2.36. The molecule has 0 radical (unpaired) electrons. The van der Waals surface area contributed by atoms with E-state index in [0.29, 0.717) is 18.6 Å². The lowest BCUT2D eigenvalue weighted by Gasteiger charge is -2.26. The van der Waals surface area contributed by atoms with Crippen LogP contribution in [-0.4, -0.2) is 30.2 Å². The maximum absolute atomic E-state index is 14.6. The number of hydrogen-bond donors (Lipinski definition) is 0. The fourth-order valence-electron chi connectivity index (χ4n) is 4.10. The molecule has 33 heavy (non-hydrogen) atoms. The highest BCUT2D eigenvalue weighted by Gasteiger charge is 2.32. The number of benzene rings is 3. The third-order valence-electron chi connectivity index (χ3n) is 5.83. The number of hydrogen-bond acceptors (Lipinski definition) is 3. The molecule has 0 saturated carbocycles. The molecule has 1 saturated heterocycles. The van der Waals surface area contributed by atoms with Gasteiger partial charge >= 0.3 is 0 Å². The van der Waals surface area contributed by atoms with E-state index in [1.807, 2.05) is 60.7 Å². The second kappa shape index (κ2) is 10.6. The normalized spacial score (nSPS) is 16.6. The van der Waals surface area contributed by atoms with Crippen LogP contribution in [0.4, 0.5) is 8.78 Å². The zero-order valence-electron chi connectivity index (χ0n) is 18.5. The van der Waals surface area contributed by atoms with Gasteiger partial charge < -0.3 is 14.4 Å². The Labute approximate surface area is 192 Å². The predicted octanol–water partition coefficient (Wildman–Crippen LogP) is 5.15. The Morgan fingerprint density at radius 1 is 1.00 bits per heavy atom.